The zero-order valence-corrected chi connectivity index (χ0v) is 13.0. The molecule has 1 aliphatic heterocycles. The largest absolute Gasteiger partial charge is 0.456 e. The van der Waals surface area contributed by atoms with Crippen LogP contribution >= 0.6 is 11.8 Å². The van der Waals surface area contributed by atoms with Crippen molar-refractivity contribution in [1.29, 1.82) is 0 Å². The summed E-state index contributed by atoms with van der Waals surface area (Å²) in [5, 5.41) is 2.93. The fraction of sp³-hybridized carbons (Fsp3) is 0.571. The van der Waals surface area contributed by atoms with Crippen LogP contribution in [0.5, 0.6) is 0 Å². The fourth-order valence-electron chi connectivity index (χ4n) is 2.00. The molecule has 0 spiro atoms. The predicted molar refractivity (Wildman–Crippen MR) is 78.6 cm³/mol. The number of hydrogen-bond donors (Lipinski definition) is 1. The van der Waals surface area contributed by atoms with Crippen LogP contribution in [0.4, 0.5) is 0 Å². The van der Waals surface area contributed by atoms with Gasteiger partial charge in [-0.05, 0) is 39.8 Å². The van der Waals surface area contributed by atoms with Crippen LogP contribution in [-0.4, -0.2) is 39.9 Å². The van der Waals surface area contributed by atoms with Gasteiger partial charge in [0.1, 0.15) is 11.8 Å². The van der Waals surface area contributed by atoms with Crippen molar-refractivity contribution in [2.75, 3.05) is 11.6 Å². The Bertz CT molecular complexity index is 519. The smallest absolute Gasteiger partial charge is 0.290 e. The molecule has 0 radical (unpaired) electrons. The predicted octanol–water partition coefficient (Wildman–Crippen LogP) is 2.02. The number of carbonyl (C=O) groups is 2. The Balaban J connectivity index is 2.11. The minimum Gasteiger partial charge on any atom is -0.456 e. The van der Waals surface area contributed by atoms with Gasteiger partial charge in [-0.25, -0.2) is 0 Å². The van der Waals surface area contributed by atoms with Crippen LogP contribution in [0.25, 0.3) is 0 Å². The monoisotopic (exact) mass is 296 g/mol. The Labute approximate surface area is 123 Å². The number of nitrogens with one attached hydrogen (secondary N) is 1. The van der Waals surface area contributed by atoms with Gasteiger partial charge in [-0.2, -0.15) is 0 Å². The third-order valence-electron chi connectivity index (χ3n) is 2.90. The van der Waals surface area contributed by atoms with E-state index < -0.39 is 6.04 Å². The quantitative estimate of drug-likeness (QED) is 0.907. The van der Waals surface area contributed by atoms with Crippen LogP contribution in [0.2, 0.25) is 0 Å². The van der Waals surface area contributed by atoms with Crippen LogP contribution in [0.1, 0.15) is 37.1 Å². The summed E-state index contributed by atoms with van der Waals surface area (Å²) in [6.07, 6.45) is 0. The minimum absolute atomic E-state index is 0.112. The number of aryl methyl sites for hydroxylation is 1. The van der Waals surface area contributed by atoms with Crippen LogP contribution in [0, 0.1) is 6.92 Å². The molecule has 1 aromatic rings. The third kappa shape index (κ3) is 3.36. The van der Waals surface area contributed by atoms with Crippen molar-refractivity contribution >= 4 is 23.6 Å². The number of hydrogen-bond acceptors (Lipinski definition) is 4. The maximum Gasteiger partial charge on any atom is 0.290 e. The van der Waals surface area contributed by atoms with Gasteiger partial charge in [-0.15, -0.1) is 11.8 Å². The van der Waals surface area contributed by atoms with Crippen molar-refractivity contribution in [1.82, 2.24) is 10.2 Å². The molecule has 1 atom stereocenters. The number of nitrogens with zero attached hydrogens (tertiary/aromatic N) is 1. The molecule has 0 saturated carbocycles. The molecule has 1 fully saturated rings. The van der Waals surface area contributed by atoms with Crippen molar-refractivity contribution < 1.29 is 14.0 Å². The van der Waals surface area contributed by atoms with Crippen molar-refractivity contribution in [2.45, 2.75) is 39.3 Å². The number of amides is 2. The van der Waals surface area contributed by atoms with Gasteiger partial charge < -0.3 is 14.6 Å². The summed E-state index contributed by atoms with van der Waals surface area (Å²) in [6, 6.07) is 2.97. The molecule has 1 aliphatic rings. The number of rotatable bonds is 2. The Morgan fingerprint density at radius 3 is 2.65 bits per heavy atom. The molecule has 2 rings (SSSR count). The van der Waals surface area contributed by atoms with E-state index in [2.05, 4.69) is 5.32 Å². The lowest BCUT2D eigenvalue weighted by Gasteiger charge is -2.27. The lowest BCUT2D eigenvalue weighted by molar-refractivity contribution is -0.125. The van der Waals surface area contributed by atoms with Crippen molar-refractivity contribution in [3.05, 3.63) is 23.7 Å². The second-order valence-corrected chi connectivity index (χ2v) is 6.94. The second kappa shape index (κ2) is 5.52. The van der Waals surface area contributed by atoms with Crippen molar-refractivity contribution in [3.63, 3.8) is 0 Å². The molecule has 6 heteroatoms. The lowest BCUT2D eigenvalue weighted by Crippen LogP contribution is -2.52. The van der Waals surface area contributed by atoms with Gasteiger partial charge in [-0.3, -0.25) is 9.59 Å². The van der Waals surface area contributed by atoms with Crippen LogP contribution in [0.15, 0.2) is 16.5 Å². The maximum atomic E-state index is 12.4. The van der Waals surface area contributed by atoms with E-state index in [0.29, 0.717) is 23.2 Å². The van der Waals surface area contributed by atoms with Gasteiger partial charge in [0.15, 0.2) is 5.76 Å². The minimum atomic E-state index is -0.433. The first-order chi connectivity index (χ1) is 9.28. The van der Waals surface area contributed by atoms with Gasteiger partial charge >= 0.3 is 0 Å². The third-order valence-corrected chi connectivity index (χ3v) is 3.91. The van der Waals surface area contributed by atoms with Crippen LogP contribution in [-0.2, 0) is 4.79 Å². The Morgan fingerprint density at radius 1 is 1.40 bits per heavy atom. The summed E-state index contributed by atoms with van der Waals surface area (Å²) >= 11 is 1.58. The average Bonchev–Trinajstić information content (AvgIpc) is 2.93. The first-order valence-electron chi connectivity index (χ1n) is 6.55. The van der Waals surface area contributed by atoms with Crippen molar-refractivity contribution in [3.8, 4) is 0 Å². The molecule has 110 valence electrons. The zero-order valence-electron chi connectivity index (χ0n) is 12.2. The summed E-state index contributed by atoms with van der Waals surface area (Å²) in [5.41, 5.74) is -0.305. The second-order valence-electron chi connectivity index (χ2n) is 5.94. The first-order valence-corrected chi connectivity index (χ1v) is 7.70. The SMILES string of the molecule is Cc1ccc(C(=O)N2CSCC2C(=O)NC(C)(C)C)o1. The number of thioether (sulfide) groups is 1. The first kappa shape index (κ1) is 15.0. The molecule has 0 aromatic carbocycles. The van der Waals surface area contributed by atoms with E-state index in [4.69, 9.17) is 4.42 Å². The highest BCUT2D eigenvalue weighted by Gasteiger charge is 2.37. The molecular formula is C14H20N2O3S. The molecule has 1 N–H and O–H groups in total. The molecule has 2 heterocycles. The number of furan rings is 1. The van der Waals surface area contributed by atoms with E-state index in [-0.39, 0.29) is 17.4 Å². The fourth-order valence-corrected chi connectivity index (χ4v) is 3.16. The van der Waals surface area contributed by atoms with Gasteiger partial charge in [0.05, 0.1) is 5.88 Å². The highest BCUT2D eigenvalue weighted by atomic mass is 32.2. The summed E-state index contributed by atoms with van der Waals surface area (Å²) < 4.78 is 5.35. The van der Waals surface area contributed by atoms with Crippen LogP contribution in [0.3, 0.4) is 0 Å². The van der Waals surface area contributed by atoms with Crippen molar-refractivity contribution in [2.24, 2.45) is 0 Å². The van der Waals surface area contributed by atoms with E-state index in [0.717, 1.165) is 0 Å². The molecule has 1 saturated heterocycles. The summed E-state index contributed by atoms with van der Waals surface area (Å²) in [4.78, 5) is 26.2. The molecule has 1 aromatic heterocycles. The zero-order chi connectivity index (χ0) is 14.9. The van der Waals surface area contributed by atoms with E-state index >= 15 is 0 Å². The average molecular weight is 296 g/mol. The van der Waals surface area contributed by atoms with E-state index in [9.17, 15) is 9.59 Å². The van der Waals surface area contributed by atoms with Gasteiger partial charge in [0.2, 0.25) is 5.91 Å². The summed E-state index contributed by atoms with van der Waals surface area (Å²) in [5.74, 6) is 1.78. The number of carbonyl (C=O) groups excluding carboxylic acids is 2. The van der Waals surface area contributed by atoms with E-state index in [1.165, 1.54) is 0 Å². The van der Waals surface area contributed by atoms with Crippen LogP contribution < -0.4 is 5.32 Å². The topological polar surface area (TPSA) is 62.6 Å². The molecule has 1 unspecified atom stereocenters. The molecule has 0 aliphatic carbocycles. The lowest BCUT2D eigenvalue weighted by atomic mass is 10.1. The molecule has 2 amide bonds. The Hall–Kier alpha value is -1.43. The maximum absolute atomic E-state index is 12.4. The van der Waals surface area contributed by atoms with E-state index in [1.807, 2.05) is 20.8 Å². The molecule has 0 bridgehead atoms. The molecule has 20 heavy (non-hydrogen) atoms. The van der Waals surface area contributed by atoms with Gasteiger partial charge in [-0.1, -0.05) is 0 Å². The highest BCUT2D eigenvalue weighted by Crippen LogP contribution is 2.24. The van der Waals surface area contributed by atoms with Gasteiger partial charge in [0, 0.05) is 11.3 Å². The Kier molecular flexibility index (Phi) is 4.13. The Morgan fingerprint density at radius 2 is 2.10 bits per heavy atom. The highest BCUT2D eigenvalue weighted by molar-refractivity contribution is 7.99. The summed E-state index contributed by atoms with van der Waals surface area (Å²) in [7, 11) is 0. The molecular weight excluding hydrogens is 276 g/mol. The molecule has 5 nitrogen and oxygen atoms in total. The summed E-state index contributed by atoms with van der Waals surface area (Å²) in [6.45, 7) is 7.57. The normalized spacial score (nSPS) is 19.2. The van der Waals surface area contributed by atoms with Gasteiger partial charge in [0.25, 0.3) is 5.91 Å². The standard InChI is InChI=1S/C14H20N2O3S/c1-9-5-6-11(19-9)13(18)16-8-20-7-10(16)12(17)15-14(2,3)4/h5-6,10H,7-8H2,1-4H3,(H,15,17). The van der Waals surface area contributed by atoms with E-state index in [1.54, 1.807) is 35.7 Å².